The molecule has 6 heteroatoms. The predicted molar refractivity (Wildman–Crippen MR) is 69.1 cm³/mol. The summed E-state index contributed by atoms with van der Waals surface area (Å²) in [5.41, 5.74) is 0.876. The molecule has 0 amide bonds. The van der Waals surface area contributed by atoms with Gasteiger partial charge in [-0.15, -0.1) is 0 Å². The Balaban J connectivity index is 2.20. The van der Waals surface area contributed by atoms with Crippen molar-refractivity contribution in [1.29, 1.82) is 0 Å². The SMILES string of the molecule is CNc1nc(C)cc(OCCCOCCOC)n1. The van der Waals surface area contributed by atoms with Crippen molar-refractivity contribution in [2.24, 2.45) is 0 Å². The fraction of sp³-hybridized carbons (Fsp3) is 0.667. The lowest BCUT2D eigenvalue weighted by Gasteiger charge is -2.08. The van der Waals surface area contributed by atoms with E-state index < -0.39 is 0 Å². The summed E-state index contributed by atoms with van der Waals surface area (Å²) >= 11 is 0. The summed E-state index contributed by atoms with van der Waals surface area (Å²) < 4.78 is 15.7. The van der Waals surface area contributed by atoms with Crippen molar-refractivity contribution < 1.29 is 14.2 Å². The van der Waals surface area contributed by atoms with E-state index in [0.717, 1.165) is 12.1 Å². The molecule has 1 aromatic heterocycles. The second-order valence-corrected chi connectivity index (χ2v) is 3.73. The number of nitrogens with zero attached hydrogens (tertiary/aromatic N) is 2. The molecule has 1 aromatic rings. The van der Waals surface area contributed by atoms with Gasteiger partial charge in [-0.25, -0.2) is 4.98 Å². The smallest absolute Gasteiger partial charge is 0.225 e. The van der Waals surface area contributed by atoms with E-state index in [9.17, 15) is 0 Å². The molecule has 0 fully saturated rings. The summed E-state index contributed by atoms with van der Waals surface area (Å²) in [5, 5.41) is 2.89. The van der Waals surface area contributed by atoms with Crippen LogP contribution in [0.1, 0.15) is 12.1 Å². The van der Waals surface area contributed by atoms with Crippen molar-refractivity contribution in [3.63, 3.8) is 0 Å². The van der Waals surface area contributed by atoms with Crippen molar-refractivity contribution in [2.75, 3.05) is 45.9 Å². The number of hydrogen-bond acceptors (Lipinski definition) is 6. The summed E-state index contributed by atoms with van der Waals surface area (Å²) in [4.78, 5) is 8.38. The van der Waals surface area contributed by atoms with Gasteiger partial charge in [0.2, 0.25) is 11.8 Å². The van der Waals surface area contributed by atoms with E-state index in [-0.39, 0.29) is 0 Å². The van der Waals surface area contributed by atoms with Crippen LogP contribution >= 0.6 is 0 Å². The van der Waals surface area contributed by atoms with Crippen LogP contribution in [0.3, 0.4) is 0 Å². The van der Waals surface area contributed by atoms with Crippen LogP contribution in [0, 0.1) is 6.92 Å². The number of rotatable bonds is 9. The van der Waals surface area contributed by atoms with Crippen LogP contribution in [0.2, 0.25) is 0 Å². The quantitative estimate of drug-likeness (QED) is 0.670. The average Bonchev–Trinajstić information content (AvgIpc) is 2.37. The molecule has 0 aliphatic carbocycles. The fourth-order valence-electron chi connectivity index (χ4n) is 1.31. The zero-order valence-electron chi connectivity index (χ0n) is 11.2. The van der Waals surface area contributed by atoms with Crippen molar-refractivity contribution in [3.8, 4) is 5.88 Å². The molecule has 1 N–H and O–H groups in total. The first kappa shape index (κ1) is 14.7. The van der Waals surface area contributed by atoms with E-state index in [1.165, 1.54) is 0 Å². The third-order valence-electron chi connectivity index (χ3n) is 2.17. The highest BCUT2D eigenvalue weighted by atomic mass is 16.5. The highest BCUT2D eigenvalue weighted by Gasteiger charge is 2.01. The van der Waals surface area contributed by atoms with E-state index in [1.54, 1.807) is 14.2 Å². The minimum absolute atomic E-state index is 0.571. The topological polar surface area (TPSA) is 65.5 Å². The van der Waals surface area contributed by atoms with Gasteiger partial charge < -0.3 is 19.5 Å². The average molecular weight is 255 g/mol. The maximum Gasteiger partial charge on any atom is 0.225 e. The van der Waals surface area contributed by atoms with Gasteiger partial charge in [-0.05, 0) is 6.92 Å². The summed E-state index contributed by atoms with van der Waals surface area (Å²) in [7, 11) is 3.44. The third kappa shape index (κ3) is 5.79. The third-order valence-corrected chi connectivity index (χ3v) is 2.17. The Kier molecular flexibility index (Phi) is 7.05. The number of aromatic nitrogens is 2. The molecule has 0 aliphatic heterocycles. The number of nitrogens with one attached hydrogen (secondary N) is 1. The molecule has 18 heavy (non-hydrogen) atoms. The lowest BCUT2D eigenvalue weighted by atomic mass is 10.4. The summed E-state index contributed by atoms with van der Waals surface area (Å²) in [5.74, 6) is 1.16. The van der Waals surface area contributed by atoms with Gasteiger partial charge in [0, 0.05) is 38.9 Å². The van der Waals surface area contributed by atoms with E-state index in [2.05, 4.69) is 15.3 Å². The van der Waals surface area contributed by atoms with Crippen molar-refractivity contribution >= 4 is 5.95 Å². The Morgan fingerprint density at radius 3 is 2.72 bits per heavy atom. The molecular formula is C12H21N3O3. The monoisotopic (exact) mass is 255 g/mol. The minimum Gasteiger partial charge on any atom is -0.477 e. The zero-order chi connectivity index (χ0) is 13.2. The van der Waals surface area contributed by atoms with E-state index in [1.807, 2.05) is 13.0 Å². The molecular weight excluding hydrogens is 234 g/mol. The van der Waals surface area contributed by atoms with Gasteiger partial charge in [-0.3, -0.25) is 0 Å². The van der Waals surface area contributed by atoms with E-state index in [0.29, 0.717) is 38.3 Å². The Morgan fingerprint density at radius 1 is 1.17 bits per heavy atom. The maximum absolute atomic E-state index is 5.53. The molecule has 0 spiro atoms. The fourth-order valence-corrected chi connectivity index (χ4v) is 1.31. The molecule has 0 atom stereocenters. The van der Waals surface area contributed by atoms with Crippen LogP contribution in [0.15, 0.2) is 6.07 Å². The molecule has 6 nitrogen and oxygen atoms in total. The Bertz CT molecular complexity index is 347. The molecule has 0 aliphatic rings. The first-order valence-electron chi connectivity index (χ1n) is 5.99. The maximum atomic E-state index is 5.53. The van der Waals surface area contributed by atoms with Crippen molar-refractivity contribution in [1.82, 2.24) is 9.97 Å². The molecule has 0 bridgehead atoms. The first-order valence-corrected chi connectivity index (χ1v) is 5.99. The number of aryl methyl sites for hydroxylation is 1. The number of methoxy groups -OCH3 is 1. The molecule has 0 radical (unpaired) electrons. The van der Waals surface area contributed by atoms with Crippen molar-refractivity contribution in [3.05, 3.63) is 11.8 Å². The Hall–Kier alpha value is -1.40. The number of hydrogen-bond donors (Lipinski definition) is 1. The van der Waals surface area contributed by atoms with Crippen LogP contribution in [0.25, 0.3) is 0 Å². The summed E-state index contributed by atoms with van der Waals surface area (Å²) in [6, 6.07) is 1.81. The standard InChI is InChI=1S/C12H21N3O3/c1-10-9-11(15-12(13-2)14-10)18-6-4-5-17-8-7-16-3/h9H,4-8H2,1-3H3,(H,13,14,15). The largest absolute Gasteiger partial charge is 0.477 e. The first-order chi connectivity index (χ1) is 8.76. The van der Waals surface area contributed by atoms with E-state index >= 15 is 0 Å². The van der Waals surface area contributed by atoms with Crippen LogP contribution in [0.4, 0.5) is 5.95 Å². The zero-order valence-corrected chi connectivity index (χ0v) is 11.2. The molecule has 0 saturated carbocycles. The normalized spacial score (nSPS) is 10.4. The molecule has 0 aromatic carbocycles. The van der Waals surface area contributed by atoms with Gasteiger partial charge in [0.25, 0.3) is 0 Å². The molecule has 0 saturated heterocycles. The molecule has 0 unspecified atom stereocenters. The van der Waals surface area contributed by atoms with Crippen LogP contribution in [-0.4, -0.2) is 50.6 Å². The highest BCUT2D eigenvalue weighted by Crippen LogP contribution is 2.11. The minimum atomic E-state index is 0.571. The van der Waals surface area contributed by atoms with Gasteiger partial charge in [-0.2, -0.15) is 4.98 Å². The number of ether oxygens (including phenoxy) is 3. The predicted octanol–water partition coefficient (Wildman–Crippen LogP) is 1.26. The summed E-state index contributed by atoms with van der Waals surface area (Å²) in [6.45, 7) is 4.38. The Morgan fingerprint density at radius 2 is 2.00 bits per heavy atom. The van der Waals surface area contributed by atoms with Gasteiger partial charge in [-0.1, -0.05) is 0 Å². The molecule has 102 valence electrons. The highest BCUT2D eigenvalue weighted by molar-refractivity contribution is 5.29. The van der Waals surface area contributed by atoms with Crippen LogP contribution in [-0.2, 0) is 9.47 Å². The number of anilines is 1. The van der Waals surface area contributed by atoms with Crippen molar-refractivity contribution in [2.45, 2.75) is 13.3 Å². The lowest BCUT2D eigenvalue weighted by molar-refractivity contribution is 0.0642. The Labute approximate surface area is 108 Å². The second kappa shape index (κ2) is 8.66. The van der Waals surface area contributed by atoms with Gasteiger partial charge >= 0.3 is 0 Å². The van der Waals surface area contributed by atoms with E-state index in [4.69, 9.17) is 14.2 Å². The van der Waals surface area contributed by atoms with Gasteiger partial charge in [0.1, 0.15) is 0 Å². The summed E-state index contributed by atoms with van der Waals surface area (Å²) in [6.07, 6.45) is 0.821. The lowest BCUT2D eigenvalue weighted by Crippen LogP contribution is -2.08. The van der Waals surface area contributed by atoms with Crippen LogP contribution in [0.5, 0.6) is 5.88 Å². The van der Waals surface area contributed by atoms with Gasteiger partial charge in [0.15, 0.2) is 0 Å². The second-order valence-electron chi connectivity index (χ2n) is 3.73. The molecule has 1 rings (SSSR count). The molecule has 1 heterocycles. The van der Waals surface area contributed by atoms with Gasteiger partial charge in [0.05, 0.1) is 19.8 Å². The van der Waals surface area contributed by atoms with Crippen LogP contribution < -0.4 is 10.1 Å².